The summed E-state index contributed by atoms with van der Waals surface area (Å²) in [5.74, 6) is 0.604. The van der Waals surface area contributed by atoms with E-state index in [0.29, 0.717) is 33.9 Å². The smallest absolute Gasteiger partial charge is 0.268 e. The number of aromatic nitrogens is 2. The molecule has 6 heteroatoms. The van der Waals surface area contributed by atoms with Crippen molar-refractivity contribution in [2.75, 3.05) is 5.73 Å². The summed E-state index contributed by atoms with van der Waals surface area (Å²) in [6.07, 6.45) is 0. The average Bonchev–Trinajstić information content (AvgIpc) is 2.69. The van der Waals surface area contributed by atoms with Crippen LogP contribution >= 0.6 is 0 Å². The maximum absolute atomic E-state index is 13.4. The molecule has 0 fully saturated rings. The van der Waals surface area contributed by atoms with Crippen LogP contribution in [0.5, 0.6) is 5.75 Å². The molecule has 2 heterocycles. The van der Waals surface area contributed by atoms with E-state index in [-0.39, 0.29) is 16.9 Å². The molecule has 6 nitrogen and oxygen atoms in total. The van der Waals surface area contributed by atoms with E-state index < -0.39 is 0 Å². The molecule has 4 rings (SSSR count). The molecular formula is C22H18N4O2. The molecule has 4 aromatic rings. The van der Waals surface area contributed by atoms with Gasteiger partial charge in [0, 0.05) is 11.1 Å². The van der Waals surface area contributed by atoms with E-state index in [0.717, 1.165) is 0 Å². The van der Waals surface area contributed by atoms with Gasteiger partial charge in [-0.05, 0) is 43.3 Å². The van der Waals surface area contributed by atoms with Gasteiger partial charge in [-0.25, -0.2) is 9.98 Å². The number of hydrogen-bond donors (Lipinski definition) is 2. The summed E-state index contributed by atoms with van der Waals surface area (Å²) in [7, 11) is 0. The highest BCUT2D eigenvalue weighted by Crippen LogP contribution is 2.29. The second kappa shape index (κ2) is 7.00. The maximum atomic E-state index is 13.4. The van der Waals surface area contributed by atoms with Crippen LogP contribution in [0.2, 0.25) is 0 Å². The van der Waals surface area contributed by atoms with E-state index in [4.69, 9.17) is 5.73 Å². The molecule has 3 N–H and O–H groups in total. The zero-order valence-electron chi connectivity index (χ0n) is 15.2. The third-order valence-corrected chi connectivity index (χ3v) is 4.47. The lowest BCUT2D eigenvalue weighted by atomic mass is 10.1. The van der Waals surface area contributed by atoms with Gasteiger partial charge >= 0.3 is 0 Å². The number of benzene rings is 2. The molecule has 0 amide bonds. The van der Waals surface area contributed by atoms with Crippen molar-refractivity contribution in [1.82, 2.24) is 9.55 Å². The predicted molar refractivity (Wildman–Crippen MR) is 112 cm³/mol. The summed E-state index contributed by atoms with van der Waals surface area (Å²) in [6.45, 7) is 1.67. The van der Waals surface area contributed by atoms with Crippen molar-refractivity contribution in [3.05, 3.63) is 88.7 Å². The zero-order chi connectivity index (χ0) is 19.7. The molecule has 0 aliphatic heterocycles. The van der Waals surface area contributed by atoms with Crippen LogP contribution in [0.15, 0.2) is 82.6 Å². The van der Waals surface area contributed by atoms with Gasteiger partial charge in [0.25, 0.3) is 5.56 Å². The number of fused-ring (bicyclic) bond motifs is 1. The van der Waals surface area contributed by atoms with Gasteiger partial charge in [0.05, 0.1) is 11.2 Å². The zero-order valence-corrected chi connectivity index (χ0v) is 15.2. The predicted octanol–water partition coefficient (Wildman–Crippen LogP) is 3.81. The van der Waals surface area contributed by atoms with Crippen LogP contribution in [0.25, 0.3) is 16.6 Å². The quantitative estimate of drug-likeness (QED) is 0.536. The standard InChI is InChI=1S/C22H18N4O2/c1-14(24-19-13-7-12-18(23)25-19)20-21(27)16-10-5-6-11-17(16)26(22(20)28)15-8-3-2-4-9-15/h2-13,27H,1H3,(H2,23,25). The molecule has 0 aliphatic carbocycles. The number of rotatable bonds is 3. The summed E-state index contributed by atoms with van der Waals surface area (Å²) < 4.78 is 1.58. The number of aliphatic imine (C=N–C) groups is 1. The van der Waals surface area contributed by atoms with Crippen LogP contribution in [0.4, 0.5) is 11.6 Å². The van der Waals surface area contributed by atoms with Crippen molar-refractivity contribution in [1.29, 1.82) is 0 Å². The molecule has 0 bridgehead atoms. The first-order valence-corrected chi connectivity index (χ1v) is 8.76. The van der Waals surface area contributed by atoms with Crippen molar-refractivity contribution in [2.24, 2.45) is 4.99 Å². The minimum Gasteiger partial charge on any atom is -0.506 e. The topological polar surface area (TPSA) is 93.5 Å². The number of nitrogens with two attached hydrogens (primary N) is 1. The number of pyridine rings is 2. The fraction of sp³-hybridized carbons (Fsp3) is 0.0455. The Bertz CT molecular complexity index is 1260. The highest BCUT2D eigenvalue weighted by atomic mass is 16.3. The fourth-order valence-corrected chi connectivity index (χ4v) is 3.22. The molecule has 0 spiro atoms. The molecular weight excluding hydrogens is 352 g/mol. The average molecular weight is 370 g/mol. The molecule has 0 aliphatic rings. The first-order chi connectivity index (χ1) is 13.6. The van der Waals surface area contributed by atoms with Crippen molar-refractivity contribution in [2.45, 2.75) is 6.92 Å². The lowest BCUT2D eigenvalue weighted by Crippen LogP contribution is -2.25. The van der Waals surface area contributed by atoms with Crippen molar-refractivity contribution in [3.63, 3.8) is 0 Å². The van der Waals surface area contributed by atoms with Gasteiger partial charge in [0.2, 0.25) is 0 Å². The van der Waals surface area contributed by atoms with Crippen LogP contribution in [0.1, 0.15) is 12.5 Å². The maximum Gasteiger partial charge on any atom is 0.268 e. The Morgan fingerprint density at radius 1 is 1.00 bits per heavy atom. The number of nitrogen functional groups attached to an aromatic ring is 1. The van der Waals surface area contributed by atoms with E-state index in [1.54, 1.807) is 41.8 Å². The number of anilines is 1. The summed E-state index contributed by atoms with van der Waals surface area (Å²) in [4.78, 5) is 21.9. The number of hydrogen-bond acceptors (Lipinski definition) is 5. The Labute approximate surface area is 161 Å². The van der Waals surface area contributed by atoms with E-state index in [2.05, 4.69) is 9.98 Å². The normalized spacial score (nSPS) is 11.7. The van der Waals surface area contributed by atoms with Gasteiger partial charge in [-0.2, -0.15) is 0 Å². The van der Waals surface area contributed by atoms with Crippen LogP contribution in [-0.4, -0.2) is 20.4 Å². The number of para-hydroxylation sites is 2. The van der Waals surface area contributed by atoms with Gasteiger partial charge in [-0.1, -0.05) is 36.4 Å². The molecule has 0 radical (unpaired) electrons. The molecule has 2 aromatic heterocycles. The van der Waals surface area contributed by atoms with Gasteiger partial charge in [0.15, 0.2) is 5.82 Å². The molecule has 138 valence electrons. The highest BCUT2D eigenvalue weighted by molar-refractivity contribution is 6.06. The minimum absolute atomic E-state index is 0.0991. The second-order valence-electron chi connectivity index (χ2n) is 6.33. The first kappa shape index (κ1) is 17.5. The summed E-state index contributed by atoms with van der Waals surface area (Å²) in [5, 5.41) is 11.4. The third-order valence-electron chi connectivity index (χ3n) is 4.47. The second-order valence-corrected chi connectivity index (χ2v) is 6.33. The van der Waals surface area contributed by atoms with Gasteiger partial charge in [-0.15, -0.1) is 0 Å². The first-order valence-electron chi connectivity index (χ1n) is 8.76. The molecule has 0 unspecified atom stereocenters. The van der Waals surface area contributed by atoms with Gasteiger partial charge in [0.1, 0.15) is 17.1 Å². The number of aromatic hydroxyl groups is 1. The van der Waals surface area contributed by atoms with Crippen LogP contribution in [-0.2, 0) is 0 Å². The molecule has 0 atom stereocenters. The summed E-state index contributed by atoms with van der Waals surface area (Å²) >= 11 is 0. The van der Waals surface area contributed by atoms with Crippen LogP contribution in [0.3, 0.4) is 0 Å². The molecule has 2 aromatic carbocycles. The van der Waals surface area contributed by atoms with Crippen molar-refractivity contribution >= 4 is 28.3 Å². The Morgan fingerprint density at radius 3 is 2.46 bits per heavy atom. The lowest BCUT2D eigenvalue weighted by molar-refractivity contribution is 0.478. The van der Waals surface area contributed by atoms with Crippen molar-refractivity contribution < 1.29 is 5.11 Å². The largest absolute Gasteiger partial charge is 0.506 e. The molecule has 0 saturated carbocycles. The third kappa shape index (κ3) is 3.01. The summed E-state index contributed by atoms with van der Waals surface area (Å²) in [6, 6.07) is 21.6. The summed E-state index contributed by atoms with van der Waals surface area (Å²) in [5.41, 5.74) is 7.17. The SMILES string of the molecule is CC(=Nc1cccc(N)n1)c1c(O)c2ccccc2n(-c2ccccc2)c1=O. The molecule has 0 saturated heterocycles. The van der Waals surface area contributed by atoms with Crippen molar-refractivity contribution in [3.8, 4) is 11.4 Å². The van der Waals surface area contributed by atoms with E-state index >= 15 is 0 Å². The fourth-order valence-electron chi connectivity index (χ4n) is 3.22. The van der Waals surface area contributed by atoms with Crippen LogP contribution in [0, 0.1) is 0 Å². The van der Waals surface area contributed by atoms with Gasteiger partial charge in [-0.3, -0.25) is 9.36 Å². The Balaban J connectivity index is 2.03. The lowest BCUT2D eigenvalue weighted by Gasteiger charge is -2.15. The number of nitrogens with zero attached hydrogens (tertiary/aromatic N) is 3. The Kier molecular flexibility index (Phi) is 4.37. The van der Waals surface area contributed by atoms with Gasteiger partial charge < -0.3 is 10.8 Å². The molecule has 28 heavy (non-hydrogen) atoms. The van der Waals surface area contributed by atoms with E-state index in [1.807, 2.05) is 42.5 Å². The van der Waals surface area contributed by atoms with E-state index in [1.165, 1.54) is 0 Å². The minimum atomic E-state index is -0.354. The monoisotopic (exact) mass is 370 g/mol. The van der Waals surface area contributed by atoms with Crippen LogP contribution < -0.4 is 11.3 Å². The highest BCUT2D eigenvalue weighted by Gasteiger charge is 2.19. The Hall–Kier alpha value is -3.93. The van der Waals surface area contributed by atoms with E-state index in [9.17, 15) is 9.90 Å². The Morgan fingerprint density at radius 2 is 1.71 bits per heavy atom.